The molecule has 0 bridgehead atoms. The number of nitrogens with one attached hydrogen (secondary N) is 1. The van der Waals surface area contributed by atoms with Gasteiger partial charge in [0.05, 0.1) is 11.1 Å². The van der Waals surface area contributed by atoms with Crippen molar-refractivity contribution < 1.29 is 4.79 Å². The highest BCUT2D eigenvalue weighted by Gasteiger charge is 2.25. The number of nitrogens with zero attached hydrogens (tertiary/aromatic N) is 2. The average molecular weight is 440 g/mol. The standard InChI is InChI=1S/C23H25N3O2S2/c27-19(24-16-10-11-16)14-29-23-25-21-20(17-8-4-5-9-18(17)30-21)22(28)26(23)13-12-15-6-2-1-3-7-15/h1-3,6-7,16H,4-5,8-14H2,(H,24,27). The van der Waals surface area contributed by atoms with Crippen LogP contribution < -0.4 is 10.9 Å². The third-order valence-corrected chi connectivity index (χ3v) is 7.94. The maximum Gasteiger partial charge on any atom is 0.263 e. The molecule has 156 valence electrons. The number of aromatic nitrogens is 2. The molecule has 1 N–H and O–H groups in total. The van der Waals surface area contributed by atoms with Gasteiger partial charge in [0.1, 0.15) is 4.83 Å². The molecule has 0 unspecified atom stereocenters. The first kappa shape index (κ1) is 19.8. The van der Waals surface area contributed by atoms with Crippen LogP contribution in [0.2, 0.25) is 0 Å². The Labute approximate surface area is 183 Å². The molecule has 2 heterocycles. The highest BCUT2D eigenvalue weighted by atomic mass is 32.2. The molecule has 0 atom stereocenters. The molecule has 1 saturated carbocycles. The molecule has 1 aromatic carbocycles. The molecule has 7 heteroatoms. The first-order valence-corrected chi connectivity index (χ1v) is 12.5. The van der Waals surface area contributed by atoms with Gasteiger partial charge in [-0.1, -0.05) is 42.1 Å². The summed E-state index contributed by atoms with van der Waals surface area (Å²) < 4.78 is 1.80. The van der Waals surface area contributed by atoms with Gasteiger partial charge < -0.3 is 5.32 Å². The second-order valence-corrected chi connectivity index (χ2v) is 10.1. The monoisotopic (exact) mass is 439 g/mol. The number of benzene rings is 1. The highest BCUT2D eigenvalue weighted by Crippen LogP contribution is 2.34. The van der Waals surface area contributed by atoms with Gasteiger partial charge in [0, 0.05) is 17.5 Å². The van der Waals surface area contributed by atoms with Crippen LogP contribution in [0.3, 0.4) is 0 Å². The lowest BCUT2D eigenvalue weighted by atomic mass is 9.97. The summed E-state index contributed by atoms with van der Waals surface area (Å²) in [5, 5.41) is 4.50. The zero-order chi connectivity index (χ0) is 20.5. The Morgan fingerprint density at radius 3 is 2.80 bits per heavy atom. The maximum atomic E-state index is 13.6. The molecule has 2 aromatic heterocycles. The first-order chi connectivity index (χ1) is 14.7. The Balaban J connectivity index is 1.48. The van der Waals surface area contributed by atoms with Crippen LogP contribution in [0.15, 0.2) is 40.3 Å². The van der Waals surface area contributed by atoms with Crippen molar-refractivity contribution in [1.82, 2.24) is 14.9 Å². The minimum absolute atomic E-state index is 0.0249. The number of amides is 1. The zero-order valence-corrected chi connectivity index (χ0v) is 18.5. The van der Waals surface area contributed by atoms with Crippen LogP contribution in [-0.2, 0) is 30.6 Å². The van der Waals surface area contributed by atoms with Gasteiger partial charge in [-0.2, -0.15) is 0 Å². The second kappa shape index (κ2) is 8.55. The smallest absolute Gasteiger partial charge is 0.263 e. The quantitative estimate of drug-likeness (QED) is 0.447. The number of fused-ring (bicyclic) bond motifs is 3. The number of rotatable bonds is 7. The van der Waals surface area contributed by atoms with Gasteiger partial charge in [-0.25, -0.2) is 4.98 Å². The van der Waals surface area contributed by atoms with E-state index in [1.54, 1.807) is 15.9 Å². The summed E-state index contributed by atoms with van der Waals surface area (Å²) in [5.41, 5.74) is 2.47. The van der Waals surface area contributed by atoms with Gasteiger partial charge in [0.2, 0.25) is 5.91 Å². The van der Waals surface area contributed by atoms with Crippen molar-refractivity contribution in [1.29, 1.82) is 0 Å². The third kappa shape index (κ3) is 4.18. The fourth-order valence-corrected chi connectivity index (χ4v) is 6.18. The first-order valence-electron chi connectivity index (χ1n) is 10.7. The lowest BCUT2D eigenvalue weighted by molar-refractivity contribution is -0.118. The van der Waals surface area contributed by atoms with Crippen molar-refractivity contribution in [3.05, 3.63) is 56.7 Å². The number of aryl methyl sites for hydroxylation is 3. The van der Waals surface area contributed by atoms with Crippen molar-refractivity contribution in [3.8, 4) is 0 Å². The van der Waals surface area contributed by atoms with E-state index in [0.29, 0.717) is 23.5 Å². The predicted octanol–water partition coefficient (Wildman–Crippen LogP) is 3.95. The van der Waals surface area contributed by atoms with E-state index in [4.69, 9.17) is 4.98 Å². The van der Waals surface area contributed by atoms with Gasteiger partial charge in [-0.3, -0.25) is 14.2 Å². The van der Waals surface area contributed by atoms with Crippen molar-refractivity contribution in [2.75, 3.05) is 5.75 Å². The lowest BCUT2D eigenvalue weighted by Crippen LogP contribution is -2.28. The van der Waals surface area contributed by atoms with E-state index in [1.165, 1.54) is 34.2 Å². The Kier molecular flexibility index (Phi) is 5.65. The number of hydrogen-bond donors (Lipinski definition) is 1. The van der Waals surface area contributed by atoms with Crippen LogP contribution in [0.4, 0.5) is 0 Å². The molecule has 0 aliphatic heterocycles. The number of hydrogen-bond acceptors (Lipinski definition) is 5. The topological polar surface area (TPSA) is 64.0 Å². The molecular weight excluding hydrogens is 414 g/mol. The van der Waals surface area contributed by atoms with Crippen LogP contribution in [0.25, 0.3) is 10.2 Å². The molecule has 3 aromatic rings. The normalized spacial score (nSPS) is 15.9. The molecule has 2 aliphatic carbocycles. The molecule has 5 nitrogen and oxygen atoms in total. The van der Waals surface area contributed by atoms with E-state index in [2.05, 4.69) is 17.4 Å². The van der Waals surface area contributed by atoms with E-state index in [0.717, 1.165) is 48.7 Å². The van der Waals surface area contributed by atoms with E-state index >= 15 is 0 Å². The Hall–Kier alpha value is -2.12. The highest BCUT2D eigenvalue weighted by molar-refractivity contribution is 7.99. The average Bonchev–Trinajstić information content (AvgIpc) is 3.49. The molecule has 5 rings (SSSR count). The summed E-state index contributed by atoms with van der Waals surface area (Å²) in [6.07, 6.45) is 7.26. The Morgan fingerprint density at radius 1 is 1.20 bits per heavy atom. The van der Waals surface area contributed by atoms with Gasteiger partial charge >= 0.3 is 0 Å². The summed E-state index contributed by atoms with van der Waals surface area (Å²) in [5.74, 6) is 0.321. The lowest BCUT2D eigenvalue weighted by Gasteiger charge is -2.13. The van der Waals surface area contributed by atoms with Crippen LogP contribution in [0, 0.1) is 0 Å². The summed E-state index contributed by atoms with van der Waals surface area (Å²) in [4.78, 5) is 32.8. The SMILES string of the molecule is O=C(CSc1nc2sc3c(c2c(=O)n1CCc1ccccc1)CCCC3)NC1CC1. The molecule has 0 radical (unpaired) electrons. The fourth-order valence-electron chi connectivity index (χ4n) is 4.04. The zero-order valence-electron chi connectivity index (χ0n) is 16.9. The molecule has 30 heavy (non-hydrogen) atoms. The number of carbonyl (C=O) groups is 1. The fraction of sp³-hybridized carbons (Fsp3) is 0.435. The molecule has 0 spiro atoms. The van der Waals surface area contributed by atoms with Gasteiger partial charge in [-0.05, 0) is 56.1 Å². The number of thiophene rings is 1. The summed E-state index contributed by atoms with van der Waals surface area (Å²) in [6, 6.07) is 10.6. The van der Waals surface area contributed by atoms with Gasteiger partial charge in [0.25, 0.3) is 5.56 Å². The third-order valence-electron chi connectivity index (χ3n) is 5.78. The van der Waals surface area contributed by atoms with Gasteiger partial charge in [-0.15, -0.1) is 11.3 Å². The Morgan fingerprint density at radius 2 is 2.00 bits per heavy atom. The molecule has 1 fully saturated rings. The molecular formula is C23H25N3O2S2. The maximum absolute atomic E-state index is 13.6. The van der Waals surface area contributed by atoms with Crippen molar-refractivity contribution in [2.24, 2.45) is 0 Å². The van der Waals surface area contributed by atoms with E-state index < -0.39 is 0 Å². The summed E-state index contributed by atoms with van der Waals surface area (Å²) in [7, 11) is 0. The minimum atomic E-state index is 0.0249. The number of carbonyl (C=O) groups excluding carboxylic acids is 1. The van der Waals surface area contributed by atoms with E-state index in [-0.39, 0.29) is 11.5 Å². The molecule has 0 saturated heterocycles. The summed E-state index contributed by atoms with van der Waals surface area (Å²) >= 11 is 3.05. The minimum Gasteiger partial charge on any atom is -0.353 e. The summed E-state index contributed by atoms with van der Waals surface area (Å²) in [6.45, 7) is 0.572. The Bertz CT molecular complexity index is 1130. The van der Waals surface area contributed by atoms with E-state index in [1.807, 2.05) is 18.2 Å². The van der Waals surface area contributed by atoms with Crippen LogP contribution in [0.1, 0.15) is 41.7 Å². The largest absolute Gasteiger partial charge is 0.353 e. The van der Waals surface area contributed by atoms with Crippen molar-refractivity contribution in [2.45, 2.75) is 62.7 Å². The van der Waals surface area contributed by atoms with Crippen molar-refractivity contribution >= 4 is 39.2 Å². The van der Waals surface area contributed by atoms with Gasteiger partial charge in [0.15, 0.2) is 5.16 Å². The molecule has 2 aliphatic rings. The van der Waals surface area contributed by atoms with Crippen LogP contribution in [0.5, 0.6) is 0 Å². The second-order valence-electron chi connectivity index (χ2n) is 8.11. The van der Waals surface area contributed by atoms with Crippen LogP contribution >= 0.6 is 23.1 Å². The molecule has 1 amide bonds. The van der Waals surface area contributed by atoms with Crippen LogP contribution in [-0.4, -0.2) is 27.3 Å². The van der Waals surface area contributed by atoms with E-state index in [9.17, 15) is 9.59 Å². The number of thioether (sulfide) groups is 1. The van der Waals surface area contributed by atoms with Crippen molar-refractivity contribution in [3.63, 3.8) is 0 Å². The predicted molar refractivity (Wildman–Crippen MR) is 123 cm³/mol.